The fraction of sp³-hybridized carbons (Fsp3) is 0.158. The molecule has 3 N–H and O–H groups in total. The SMILES string of the molecule is COS(=O)(=O)c1cc(Nc2nc(C)nc(Cc3ccccc3)n2)ccc1/C=C/c1ccc(Nc2nc(C)nc(Cc3ccccc3)n2)cc1CS(=O)(=O)O. The van der Waals surface area contributed by atoms with Crippen LogP contribution in [0.2, 0.25) is 0 Å². The van der Waals surface area contributed by atoms with Gasteiger partial charge in [-0.05, 0) is 65.9 Å². The second-order valence-corrected chi connectivity index (χ2v) is 15.3. The molecule has 0 amide bonds. The van der Waals surface area contributed by atoms with Crippen LogP contribution in [-0.2, 0) is 43.0 Å². The van der Waals surface area contributed by atoms with E-state index in [0.717, 1.165) is 18.2 Å². The molecule has 14 nitrogen and oxygen atoms in total. The molecule has 6 aromatic rings. The topological polar surface area (TPSA) is 199 Å². The molecule has 0 atom stereocenters. The van der Waals surface area contributed by atoms with Gasteiger partial charge in [0.15, 0.2) is 0 Å². The van der Waals surface area contributed by atoms with Gasteiger partial charge in [0.1, 0.15) is 33.9 Å². The molecule has 0 spiro atoms. The average molecular weight is 765 g/mol. The predicted molar refractivity (Wildman–Crippen MR) is 205 cm³/mol. The van der Waals surface area contributed by atoms with Gasteiger partial charge in [-0.25, -0.2) is 9.97 Å². The first kappa shape index (κ1) is 37.8. The number of hydrogen-bond acceptors (Lipinski definition) is 13. The third-order valence-electron chi connectivity index (χ3n) is 7.94. The Morgan fingerprint density at radius 1 is 0.630 bits per heavy atom. The molecule has 0 saturated carbocycles. The summed E-state index contributed by atoms with van der Waals surface area (Å²) in [6.07, 6.45) is 4.04. The van der Waals surface area contributed by atoms with Gasteiger partial charge in [-0.15, -0.1) is 0 Å². The molecule has 0 aliphatic carbocycles. The maximum absolute atomic E-state index is 13.1. The highest BCUT2D eigenvalue weighted by atomic mass is 32.2. The van der Waals surface area contributed by atoms with Crippen molar-refractivity contribution in [2.24, 2.45) is 0 Å². The number of benzene rings is 4. The molecule has 16 heteroatoms. The molecule has 0 aliphatic heterocycles. The van der Waals surface area contributed by atoms with Crippen molar-refractivity contribution in [1.82, 2.24) is 29.9 Å². The zero-order valence-electron chi connectivity index (χ0n) is 29.5. The number of hydrogen-bond donors (Lipinski definition) is 3. The highest BCUT2D eigenvalue weighted by Crippen LogP contribution is 2.28. The number of nitrogens with zero attached hydrogens (tertiary/aromatic N) is 6. The number of aromatic nitrogens is 6. The van der Waals surface area contributed by atoms with Gasteiger partial charge in [0.25, 0.3) is 20.2 Å². The summed E-state index contributed by atoms with van der Waals surface area (Å²) in [6.45, 7) is 3.49. The molecule has 276 valence electrons. The van der Waals surface area contributed by atoms with E-state index in [2.05, 4.69) is 40.5 Å². The normalized spacial score (nSPS) is 11.9. The molecule has 2 aromatic heterocycles. The molecule has 4 aromatic carbocycles. The summed E-state index contributed by atoms with van der Waals surface area (Å²) in [5.41, 5.74) is 3.78. The van der Waals surface area contributed by atoms with Crippen molar-refractivity contribution in [3.05, 3.63) is 148 Å². The molecular formula is C38H36N8O6S2. The number of nitrogens with one attached hydrogen (secondary N) is 2. The van der Waals surface area contributed by atoms with Crippen LogP contribution in [0.1, 0.15) is 51.1 Å². The lowest BCUT2D eigenvalue weighted by Gasteiger charge is -2.12. The third kappa shape index (κ3) is 10.3. The van der Waals surface area contributed by atoms with Crippen molar-refractivity contribution in [3.8, 4) is 0 Å². The van der Waals surface area contributed by atoms with Gasteiger partial charge >= 0.3 is 0 Å². The second kappa shape index (κ2) is 16.4. The highest BCUT2D eigenvalue weighted by molar-refractivity contribution is 7.86. The Kier molecular flexibility index (Phi) is 11.5. The van der Waals surface area contributed by atoms with E-state index in [0.29, 0.717) is 53.1 Å². The van der Waals surface area contributed by atoms with E-state index in [-0.39, 0.29) is 27.9 Å². The van der Waals surface area contributed by atoms with Crippen LogP contribution in [0, 0.1) is 13.8 Å². The standard InChI is InChI=1S/C38H36N8O6S2/c1-25-39-35(20-27-10-6-4-7-11-27)45-37(41-25)43-32-18-16-29(31(22-32)24-53(47,48)49)14-15-30-17-19-33(23-34(30)54(50,51)52-3)44-38-42-26(2)40-36(46-38)21-28-12-8-5-9-13-28/h4-19,22-23H,20-21,24H2,1-3H3,(H,47,48,49)(H,39,41,43,45)(H,40,42,44,46)/b15-14+. The molecule has 0 unspecified atom stereocenters. The Balaban J connectivity index is 1.27. The Morgan fingerprint density at radius 3 is 1.61 bits per heavy atom. The summed E-state index contributed by atoms with van der Waals surface area (Å²) in [5, 5.41) is 6.17. The van der Waals surface area contributed by atoms with E-state index in [9.17, 15) is 21.4 Å². The smallest absolute Gasteiger partial charge is 0.297 e. The molecule has 54 heavy (non-hydrogen) atoms. The predicted octanol–water partition coefficient (Wildman–Crippen LogP) is 6.24. The lowest BCUT2D eigenvalue weighted by Crippen LogP contribution is -2.08. The van der Waals surface area contributed by atoms with E-state index in [1.165, 1.54) is 12.1 Å². The van der Waals surface area contributed by atoms with Crippen LogP contribution in [0.4, 0.5) is 23.3 Å². The van der Waals surface area contributed by atoms with Crippen LogP contribution in [0.25, 0.3) is 12.2 Å². The monoisotopic (exact) mass is 764 g/mol. The molecule has 0 fully saturated rings. The lowest BCUT2D eigenvalue weighted by atomic mass is 10.1. The van der Waals surface area contributed by atoms with E-state index >= 15 is 0 Å². The Bertz CT molecular complexity index is 2540. The van der Waals surface area contributed by atoms with E-state index < -0.39 is 26.0 Å². The molecule has 0 aliphatic rings. The minimum atomic E-state index is -4.46. The third-order valence-corrected chi connectivity index (χ3v) is 9.94. The van der Waals surface area contributed by atoms with E-state index in [4.69, 9.17) is 4.18 Å². The Labute approximate surface area is 313 Å². The molecule has 0 bridgehead atoms. The zero-order valence-corrected chi connectivity index (χ0v) is 31.1. The summed E-state index contributed by atoms with van der Waals surface area (Å²) < 4.78 is 65.0. The summed E-state index contributed by atoms with van der Waals surface area (Å²) in [6, 6.07) is 28.9. The highest BCUT2D eigenvalue weighted by Gasteiger charge is 2.19. The van der Waals surface area contributed by atoms with Crippen molar-refractivity contribution in [2.75, 3.05) is 17.7 Å². The quantitative estimate of drug-likeness (QED) is 0.0640. The van der Waals surface area contributed by atoms with Gasteiger partial charge in [-0.1, -0.05) is 84.9 Å². The largest absolute Gasteiger partial charge is 0.324 e. The maximum atomic E-state index is 13.1. The first-order valence-electron chi connectivity index (χ1n) is 16.6. The molecule has 0 radical (unpaired) electrons. The van der Waals surface area contributed by atoms with Crippen molar-refractivity contribution < 1.29 is 25.6 Å². The van der Waals surface area contributed by atoms with Gasteiger partial charge < -0.3 is 10.6 Å². The van der Waals surface area contributed by atoms with Crippen LogP contribution in [0.15, 0.2) is 102 Å². The van der Waals surface area contributed by atoms with Gasteiger partial charge in [0.2, 0.25) is 11.9 Å². The van der Waals surface area contributed by atoms with E-state index in [1.54, 1.807) is 50.3 Å². The Hall–Kier alpha value is -5.94. The van der Waals surface area contributed by atoms with Crippen LogP contribution in [-0.4, -0.2) is 58.4 Å². The van der Waals surface area contributed by atoms with Gasteiger partial charge in [-0.2, -0.15) is 36.8 Å². The summed E-state index contributed by atoms with van der Waals surface area (Å²) in [7, 11) is -7.62. The van der Waals surface area contributed by atoms with Crippen LogP contribution < -0.4 is 10.6 Å². The first-order valence-corrected chi connectivity index (χ1v) is 19.6. The minimum absolute atomic E-state index is 0.160. The first-order chi connectivity index (χ1) is 25.8. The Morgan fingerprint density at radius 2 is 1.11 bits per heavy atom. The summed E-state index contributed by atoms with van der Waals surface area (Å²) in [4.78, 5) is 26.5. The lowest BCUT2D eigenvalue weighted by molar-refractivity contribution is 0.397. The van der Waals surface area contributed by atoms with Crippen molar-refractivity contribution >= 4 is 55.7 Å². The minimum Gasteiger partial charge on any atom is -0.324 e. The average Bonchev–Trinajstić information content (AvgIpc) is 3.11. The van der Waals surface area contributed by atoms with Crippen LogP contribution in [0.3, 0.4) is 0 Å². The van der Waals surface area contributed by atoms with Gasteiger partial charge in [0.05, 0.1) is 7.11 Å². The van der Waals surface area contributed by atoms with Crippen LogP contribution >= 0.6 is 0 Å². The van der Waals surface area contributed by atoms with Crippen molar-refractivity contribution in [2.45, 2.75) is 37.3 Å². The van der Waals surface area contributed by atoms with Gasteiger partial charge in [0, 0.05) is 24.2 Å². The van der Waals surface area contributed by atoms with Crippen molar-refractivity contribution in [3.63, 3.8) is 0 Å². The van der Waals surface area contributed by atoms with E-state index in [1.807, 2.05) is 60.7 Å². The number of aryl methyl sites for hydroxylation is 2. The van der Waals surface area contributed by atoms with Crippen LogP contribution in [0.5, 0.6) is 0 Å². The fourth-order valence-electron chi connectivity index (χ4n) is 5.56. The molecular weight excluding hydrogens is 729 g/mol. The number of rotatable bonds is 14. The molecule has 2 heterocycles. The summed E-state index contributed by atoms with van der Waals surface area (Å²) >= 11 is 0. The van der Waals surface area contributed by atoms with Crippen molar-refractivity contribution in [1.29, 1.82) is 0 Å². The fourth-order valence-corrected chi connectivity index (χ4v) is 7.08. The summed E-state index contributed by atoms with van der Waals surface area (Å²) in [5.74, 6) is 1.86. The maximum Gasteiger partial charge on any atom is 0.297 e. The second-order valence-electron chi connectivity index (χ2n) is 12.2. The molecule has 0 saturated heterocycles. The van der Waals surface area contributed by atoms with Gasteiger partial charge in [-0.3, -0.25) is 8.74 Å². The molecule has 6 rings (SSSR count). The zero-order chi connectivity index (χ0) is 38.3. The number of anilines is 4.